The number of carbonyl (C=O) groups is 1. The lowest BCUT2D eigenvalue weighted by molar-refractivity contribution is -0.139. The Morgan fingerprint density at radius 2 is 2.06 bits per heavy atom. The number of benzene rings is 1. The molecule has 0 aromatic heterocycles. The van der Waals surface area contributed by atoms with Gasteiger partial charge in [0.2, 0.25) is 0 Å². The third-order valence-corrected chi connectivity index (χ3v) is 3.69. The molecule has 0 spiro atoms. The topological polar surface area (TPSA) is 37.3 Å². The van der Waals surface area contributed by atoms with E-state index < -0.39 is 11.9 Å². The van der Waals surface area contributed by atoms with E-state index in [1.54, 1.807) is 6.07 Å². The molecule has 0 fully saturated rings. The first-order valence-electron chi connectivity index (χ1n) is 6.03. The standard InChI is InChI=1S/C14H17FO2/c1-8(2)10-5-6-12(14(16)17)13-7-9(15)3-4-11(10)13/h3-4,7-8,10,12H,5-6H2,1-2H3,(H,16,17). The molecule has 0 saturated carbocycles. The van der Waals surface area contributed by atoms with Crippen LogP contribution >= 0.6 is 0 Å². The highest BCUT2D eigenvalue weighted by Crippen LogP contribution is 2.42. The van der Waals surface area contributed by atoms with E-state index in [1.165, 1.54) is 12.1 Å². The van der Waals surface area contributed by atoms with Crippen molar-refractivity contribution in [3.8, 4) is 0 Å². The fourth-order valence-corrected chi connectivity index (χ4v) is 2.79. The van der Waals surface area contributed by atoms with Crippen molar-refractivity contribution >= 4 is 5.97 Å². The number of carboxylic acids is 1. The number of hydrogen-bond acceptors (Lipinski definition) is 1. The van der Waals surface area contributed by atoms with Gasteiger partial charge in [0, 0.05) is 0 Å². The van der Waals surface area contributed by atoms with Gasteiger partial charge in [-0.3, -0.25) is 4.79 Å². The van der Waals surface area contributed by atoms with E-state index in [9.17, 15) is 14.3 Å². The van der Waals surface area contributed by atoms with E-state index in [-0.39, 0.29) is 5.82 Å². The second-order valence-corrected chi connectivity index (χ2v) is 5.09. The fraction of sp³-hybridized carbons (Fsp3) is 0.500. The van der Waals surface area contributed by atoms with Crippen LogP contribution in [-0.4, -0.2) is 11.1 Å². The first-order chi connectivity index (χ1) is 8.00. The number of aliphatic carboxylic acids is 1. The van der Waals surface area contributed by atoms with Crippen molar-refractivity contribution in [2.24, 2.45) is 5.92 Å². The van der Waals surface area contributed by atoms with Crippen LogP contribution < -0.4 is 0 Å². The molecule has 0 radical (unpaired) electrons. The Bertz CT molecular complexity index is 440. The summed E-state index contributed by atoms with van der Waals surface area (Å²) in [7, 11) is 0. The first-order valence-corrected chi connectivity index (χ1v) is 6.03. The average Bonchev–Trinajstić information content (AvgIpc) is 2.26. The molecule has 1 aliphatic rings. The second-order valence-electron chi connectivity index (χ2n) is 5.09. The Morgan fingerprint density at radius 3 is 2.65 bits per heavy atom. The minimum Gasteiger partial charge on any atom is -0.481 e. The number of carboxylic acid groups (broad SMARTS) is 1. The molecule has 1 aromatic carbocycles. The van der Waals surface area contributed by atoms with Gasteiger partial charge in [0.25, 0.3) is 0 Å². The van der Waals surface area contributed by atoms with Crippen molar-refractivity contribution in [1.29, 1.82) is 0 Å². The van der Waals surface area contributed by atoms with Crippen LogP contribution in [0.15, 0.2) is 18.2 Å². The molecule has 17 heavy (non-hydrogen) atoms. The maximum atomic E-state index is 13.3. The summed E-state index contributed by atoms with van der Waals surface area (Å²) in [5, 5.41) is 9.18. The summed E-state index contributed by atoms with van der Waals surface area (Å²) in [5.74, 6) is -0.940. The van der Waals surface area contributed by atoms with Crippen molar-refractivity contribution in [1.82, 2.24) is 0 Å². The molecule has 1 aliphatic carbocycles. The van der Waals surface area contributed by atoms with Crippen LogP contribution in [0.25, 0.3) is 0 Å². The maximum absolute atomic E-state index is 13.3. The lowest BCUT2D eigenvalue weighted by Crippen LogP contribution is -2.23. The van der Waals surface area contributed by atoms with E-state index in [2.05, 4.69) is 13.8 Å². The zero-order valence-corrected chi connectivity index (χ0v) is 10.1. The molecule has 2 rings (SSSR count). The molecule has 2 unspecified atom stereocenters. The highest BCUT2D eigenvalue weighted by Gasteiger charge is 2.32. The number of rotatable bonds is 2. The minimum absolute atomic E-state index is 0.348. The normalized spacial score (nSPS) is 23.5. The van der Waals surface area contributed by atoms with E-state index in [0.717, 1.165) is 12.0 Å². The van der Waals surface area contributed by atoms with Gasteiger partial charge in [0.1, 0.15) is 5.82 Å². The Morgan fingerprint density at radius 1 is 1.35 bits per heavy atom. The summed E-state index contributed by atoms with van der Waals surface area (Å²) in [6.45, 7) is 4.25. The Balaban J connectivity index is 2.49. The molecule has 0 saturated heterocycles. The molecule has 2 nitrogen and oxygen atoms in total. The van der Waals surface area contributed by atoms with Crippen LogP contribution in [0.5, 0.6) is 0 Å². The highest BCUT2D eigenvalue weighted by atomic mass is 19.1. The molecule has 0 heterocycles. The van der Waals surface area contributed by atoms with Gasteiger partial charge < -0.3 is 5.11 Å². The number of fused-ring (bicyclic) bond motifs is 1. The van der Waals surface area contributed by atoms with E-state index >= 15 is 0 Å². The molecule has 1 aromatic rings. The SMILES string of the molecule is CC(C)C1CCC(C(=O)O)c2cc(F)ccc21. The summed E-state index contributed by atoms with van der Waals surface area (Å²) in [6.07, 6.45) is 1.47. The molecule has 92 valence electrons. The molecule has 2 atom stereocenters. The van der Waals surface area contributed by atoms with Gasteiger partial charge in [-0.15, -0.1) is 0 Å². The van der Waals surface area contributed by atoms with Gasteiger partial charge in [0.05, 0.1) is 5.92 Å². The monoisotopic (exact) mass is 236 g/mol. The Kier molecular flexibility index (Phi) is 3.18. The zero-order chi connectivity index (χ0) is 12.6. The summed E-state index contributed by atoms with van der Waals surface area (Å²) >= 11 is 0. The Hall–Kier alpha value is -1.38. The lowest BCUT2D eigenvalue weighted by Gasteiger charge is -2.32. The van der Waals surface area contributed by atoms with Crippen molar-refractivity contribution in [3.63, 3.8) is 0 Å². The van der Waals surface area contributed by atoms with Gasteiger partial charge >= 0.3 is 5.97 Å². The van der Waals surface area contributed by atoms with Crippen LogP contribution in [0.2, 0.25) is 0 Å². The van der Waals surface area contributed by atoms with Crippen LogP contribution in [-0.2, 0) is 4.79 Å². The minimum atomic E-state index is -0.848. The molecule has 0 aliphatic heterocycles. The van der Waals surface area contributed by atoms with Crippen LogP contribution in [0, 0.1) is 11.7 Å². The smallest absolute Gasteiger partial charge is 0.310 e. The fourth-order valence-electron chi connectivity index (χ4n) is 2.79. The second kappa shape index (κ2) is 4.47. The van der Waals surface area contributed by atoms with Crippen LogP contribution in [0.3, 0.4) is 0 Å². The summed E-state index contributed by atoms with van der Waals surface area (Å²) < 4.78 is 13.3. The van der Waals surface area contributed by atoms with Crippen molar-refractivity contribution in [2.45, 2.75) is 38.5 Å². The molecule has 3 heteroatoms. The van der Waals surface area contributed by atoms with Crippen molar-refractivity contribution in [3.05, 3.63) is 35.1 Å². The number of hydrogen-bond donors (Lipinski definition) is 1. The molecular formula is C14H17FO2. The van der Waals surface area contributed by atoms with E-state index in [4.69, 9.17) is 0 Å². The van der Waals surface area contributed by atoms with E-state index in [0.29, 0.717) is 23.8 Å². The highest BCUT2D eigenvalue weighted by molar-refractivity contribution is 5.77. The first kappa shape index (κ1) is 12.1. The quantitative estimate of drug-likeness (QED) is 0.852. The van der Waals surface area contributed by atoms with Crippen molar-refractivity contribution in [2.75, 3.05) is 0 Å². The van der Waals surface area contributed by atoms with Crippen LogP contribution in [0.1, 0.15) is 49.7 Å². The van der Waals surface area contributed by atoms with Gasteiger partial charge in [-0.1, -0.05) is 19.9 Å². The summed E-state index contributed by atoms with van der Waals surface area (Å²) in [6, 6.07) is 4.57. The lowest BCUT2D eigenvalue weighted by atomic mass is 9.72. The average molecular weight is 236 g/mol. The number of halogens is 1. The van der Waals surface area contributed by atoms with Gasteiger partial charge in [-0.2, -0.15) is 0 Å². The maximum Gasteiger partial charge on any atom is 0.310 e. The molecule has 0 bridgehead atoms. The third-order valence-electron chi connectivity index (χ3n) is 3.69. The van der Waals surface area contributed by atoms with Crippen molar-refractivity contribution < 1.29 is 14.3 Å². The Labute approximate surface area is 100 Å². The predicted octanol–water partition coefficient (Wildman–Crippen LogP) is 3.53. The van der Waals surface area contributed by atoms with Gasteiger partial charge in [0.15, 0.2) is 0 Å². The van der Waals surface area contributed by atoms with Gasteiger partial charge in [-0.05, 0) is 47.9 Å². The molecular weight excluding hydrogens is 219 g/mol. The zero-order valence-electron chi connectivity index (χ0n) is 10.1. The molecule has 0 amide bonds. The summed E-state index contributed by atoms with van der Waals surface area (Å²) in [4.78, 5) is 11.2. The largest absolute Gasteiger partial charge is 0.481 e. The van der Waals surface area contributed by atoms with Gasteiger partial charge in [-0.25, -0.2) is 4.39 Å². The van der Waals surface area contributed by atoms with E-state index in [1.807, 2.05) is 0 Å². The molecule has 1 N–H and O–H groups in total. The summed E-state index contributed by atoms with van der Waals surface area (Å²) in [5.41, 5.74) is 1.68. The van der Waals surface area contributed by atoms with Crippen LogP contribution in [0.4, 0.5) is 4.39 Å². The predicted molar refractivity (Wildman–Crippen MR) is 63.6 cm³/mol. The third kappa shape index (κ3) is 2.19.